The average molecular weight is 324 g/mol. The van der Waals surface area contributed by atoms with Crippen molar-refractivity contribution in [1.82, 2.24) is 0 Å². The Morgan fingerprint density at radius 2 is 1.18 bits per heavy atom. The molecule has 6 N–H and O–H groups in total. The van der Waals surface area contributed by atoms with Crippen molar-refractivity contribution in [1.29, 1.82) is 0 Å². The summed E-state index contributed by atoms with van der Waals surface area (Å²) < 4.78 is 15.9. The lowest BCUT2D eigenvalue weighted by atomic mass is 9.96. The van der Waals surface area contributed by atoms with Gasteiger partial charge in [0.1, 0.15) is 42.7 Å². The van der Waals surface area contributed by atoms with Crippen LogP contribution in [0.1, 0.15) is 13.8 Å². The number of hydrogen-bond donors (Lipinski definition) is 6. The summed E-state index contributed by atoms with van der Waals surface area (Å²) in [5.41, 5.74) is 0. The number of aliphatic hydroxyl groups is 6. The maximum atomic E-state index is 9.86. The Morgan fingerprint density at radius 3 is 1.77 bits per heavy atom. The van der Waals surface area contributed by atoms with Gasteiger partial charge in [0.05, 0.1) is 18.8 Å². The molecule has 10 atom stereocenters. The van der Waals surface area contributed by atoms with Gasteiger partial charge in [-0.3, -0.25) is 0 Å². The summed E-state index contributed by atoms with van der Waals surface area (Å²) in [7, 11) is 0. The average Bonchev–Trinajstić information content (AvgIpc) is 2.49. The predicted octanol–water partition coefficient (Wildman–Crippen LogP) is -3.30. The molecule has 0 bridgehead atoms. The Labute approximate surface area is 127 Å². The summed E-state index contributed by atoms with van der Waals surface area (Å²) in [4.78, 5) is 0. The molecule has 0 aromatic heterocycles. The van der Waals surface area contributed by atoms with Crippen LogP contribution < -0.4 is 0 Å². The van der Waals surface area contributed by atoms with Crippen LogP contribution in [0.4, 0.5) is 0 Å². The molecule has 2 saturated heterocycles. The van der Waals surface area contributed by atoms with Gasteiger partial charge >= 0.3 is 0 Å². The minimum atomic E-state index is -1.46. The van der Waals surface area contributed by atoms with Gasteiger partial charge in [0.25, 0.3) is 0 Å². The molecule has 22 heavy (non-hydrogen) atoms. The number of ether oxygens (including phenoxy) is 3. The van der Waals surface area contributed by atoms with Crippen LogP contribution in [0.2, 0.25) is 0 Å². The fraction of sp³-hybridized carbons (Fsp3) is 1.00. The topological polar surface area (TPSA) is 149 Å². The molecule has 2 aliphatic heterocycles. The van der Waals surface area contributed by atoms with Crippen LogP contribution in [0.15, 0.2) is 0 Å². The van der Waals surface area contributed by atoms with Crippen molar-refractivity contribution in [2.24, 2.45) is 0 Å². The van der Waals surface area contributed by atoms with Crippen molar-refractivity contribution in [3.63, 3.8) is 0 Å². The summed E-state index contributed by atoms with van der Waals surface area (Å²) in [6.07, 6.45) is -11.6. The standard InChI is InChI=1S/C13H24O9/c1-4-7(14)10(17)9(16)6(21-4)3-20-13-12(19)11(18)8(15)5(2)22-13/h4-19H,3H2,1-2H3. The summed E-state index contributed by atoms with van der Waals surface area (Å²) in [6, 6.07) is 0. The largest absolute Gasteiger partial charge is 0.388 e. The first-order chi connectivity index (χ1) is 10.2. The van der Waals surface area contributed by atoms with Crippen molar-refractivity contribution < 1.29 is 44.8 Å². The highest BCUT2D eigenvalue weighted by molar-refractivity contribution is 4.91. The molecule has 2 aliphatic rings. The zero-order chi connectivity index (χ0) is 16.6. The van der Waals surface area contributed by atoms with Crippen LogP contribution in [-0.4, -0.2) is 98.5 Å². The third-order valence-corrected chi connectivity index (χ3v) is 4.18. The maximum absolute atomic E-state index is 9.86. The molecule has 2 heterocycles. The van der Waals surface area contributed by atoms with E-state index in [1.165, 1.54) is 6.92 Å². The quantitative estimate of drug-likeness (QED) is 0.314. The van der Waals surface area contributed by atoms with Gasteiger partial charge in [-0.2, -0.15) is 0 Å². The Morgan fingerprint density at radius 1 is 0.682 bits per heavy atom. The van der Waals surface area contributed by atoms with Crippen LogP contribution in [0.25, 0.3) is 0 Å². The van der Waals surface area contributed by atoms with Crippen LogP contribution in [0, 0.1) is 0 Å². The molecule has 0 radical (unpaired) electrons. The van der Waals surface area contributed by atoms with Crippen molar-refractivity contribution in [2.45, 2.75) is 75.1 Å². The monoisotopic (exact) mass is 324 g/mol. The van der Waals surface area contributed by atoms with E-state index in [2.05, 4.69) is 0 Å². The highest BCUT2D eigenvalue weighted by atomic mass is 16.7. The third-order valence-electron chi connectivity index (χ3n) is 4.18. The molecule has 0 aromatic carbocycles. The summed E-state index contributed by atoms with van der Waals surface area (Å²) in [5.74, 6) is 0. The molecule has 9 nitrogen and oxygen atoms in total. The summed E-state index contributed by atoms with van der Waals surface area (Å²) >= 11 is 0. The molecule has 0 aromatic rings. The Balaban J connectivity index is 1.92. The molecule has 0 spiro atoms. The Bertz CT molecular complexity index is 333. The number of rotatable bonds is 3. The fourth-order valence-corrected chi connectivity index (χ4v) is 2.61. The number of aliphatic hydroxyl groups excluding tert-OH is 6. The first-order valence-corrected chi connectivity index (χ1v) is 7.25. The highest BCUT2D eigenvalue weighted by Gasteiger charge is 2.45. The van der Waals surface area contributed by atoms with E-state index in [4.69, 9.17) is 14.2 Å². The third kappa shape index (κ3) is 3.42. The van der Waals surface area contributed by atoms with Crippen molar-refractivity contribution in [3.05, 3.63) is 0 Å². The minimum absolute atomic E-state index is 0.230. The molecular weight excluding hydrogens is 300 g/mol. The van der Waals surface area contributed by atoms with Gasteiger partial charge in [0.15, 0.2) is 6.29 Å². The van der Waals surface area contributed by atoms with Crippen LogP contribution in [-0.2, 0) is 14.2 Å². The van der Waals surface area contributed by atoms with E-state index in [-0.39, 0.29) is 6.61 Å². The molecule has 10 unspecified atom stereocenters. The molecule has 0 amide bonds. The molecule has 9 heteroatoms. The van der Waals surface area contributed by atoms with Crippen LogP contribution in [0.5, 0.6) is 0 Å². The zero-order valence-corrected chi connectivity index (χ0v) is 12.4. The van der Waals surface area contributed by atoms with E-state index < -0.39 is 61.2 Å². The normalized spacial score (nSPS) is 53.5. The molecule has 2 rings (SSSR count). The van der Waals surface area contributed by atoms with Gasteiger partial charge in [0.2, 0.25) is 0 Å². The Hall–Kier alpha value is -0.360. The SMILES string of the molecule is CC1OC(COC2OC(C)C(O)C(O)C2O)C(O)C(O)C1O. The maximum Gasteiger partial charge on any atom is 0.186 e. The first kappa shape index (κ1) is 18.0. The van der Waals surface area contributed by atoms with Gasteiger partial charge in [-0.15, -0.1) is 0 Å². The second-order valence-corrected chi connectivity index (χ2v) is 5.87. The fourth-order valence-electron chi connectivity index (χ4n) is 2.61. The molecule has 0 saturated carbocycles. The van der Waals surface area contributed by atoms with Crippen molar-refractivity contribution in [3.8, 4) is 0 Å². The second kappa shape index (κ2) is 7.04. The van der Waals surface area contributed by atoms with E-state index in [0.29, 0.717) is 0 Å². The minimum Gasteiger partial charge on any atom is -0.388 e. The smallest absolute Gasteiger partial charge is 0.186 e. The van der Waals surface area contributed by atoms with Gasteiger partial charge in [-0.25, -0.2) is 0 Å². The van der Waals surface area contributed by atoms with E-state index in [9.17, 15) is 30.6 Å². The second-order valence-electron chi connectivity index (χ2n) is 5.87. The first-order valence-electron chi connectivity index (χ1n) is 7.25. The van der Waals surface area contributed by atoms with Crippen molar-refractivity contribution in [2.75, 3.05) is 6.61 Å². The molecule has 0 aliphatic carbocycles. The van der Waals surface area contributed by atoms with E-state index in [1.807, 2.05) is 0 Å². The van der Waals surface area contributed by atoms with Gasteiger partial charge in [-0.1, -0.05) is 0 Å². The molecule has 130 valence electrons. The highest BCUT2D eigenvalue weighted by Crippen LogP contribution is 2.25. The Kier molecular flexibility index (Phi) is 5.75. The molecule has 2 fully saturated rings. The van der Waals surface area contributed by atoms with Crippen molar-refractivity contribution >= 4 is 0 Å². The van der Waals surface area contributed by atoms with E-state index in [1.54, 1.807) is 6.92 Å². The lowest BCUT2D eigenvalue weighted by Crippen LogP contribution is -2.60. The molecular formula is C13H24O9. The summed E-state index contributed by atoms with van der Waals surface area (Å²) in [5, 5.41) is 58.2. The lowest BCUT2D eigenvalue weighted by molar-refractivity contribution is -0.307. The van der Waals surface area contributed by atoms with Gasteiger partial charge in [0, 0.05) is 0 Å². The van der Waals surface area contributed by atoms with Crippen LogP contribution >= 0.6 is 0 Å². The van der Waals surface area contributed by atoms with Gasteiger partial charge in [-0.05, 0) is 13.8 Å². The van der Waals surface area contributed by atoms with Gasteiger partial charge < -0.3 is 44.8 Å². The summed E-state index contributed by atoms with van der Waals surface area (Å²) in [6.45, 7) is 2.83. The predicted molar refractivity (Wildman–Crippen MR) is 70.7 cm³/mol. The van der Waals surface area contributed by atoms with Crippen LogP contribution in [0.3, 0.4) is 0 Å². The van der Waals surface area contributed by atoms with E-state index in [0.717, 1.165) is 0 Å². The zero-order valence-electron chi connectivity index (χ0n) is 12.4. The number of hydrogen-bond acceptors (Lipinski definition) is 9. The van der Waals surface area contributed by atoms with E-state index >= 15 is 0 Å². The lowest BCUT2D eigenvalue weighted by Gasteiger charge is -2.42.